The summed E-state index contributed by atoms with van der Waals surface area (Å²) in [6, 6.07) is 21.2. The van der Waals surface area contributed by atoms with Crippen molar-refractivity contribution in [1.29, 1.82) is 0 Å². The Morgan fingerprint density at radius 3 is 2.66 bits per heavy atom. The van der Waals surface area contributed by atoms with Crippen molar-refractivity contribution in [3.8, 4) is 17.1 Å². The number of thioether (sulfide) groups is 1. The molecule has 2 heterocycles. The van der Waals surface area contributed by atoms with Gasteiger partial charge in [-0.25, -0.2) is 4.79 Å². The maximum absolute atomic E-state index is 11.8. The summed E-state index contributed by atoms with van der Waals surface area (Å²) in [4.78, 5) is 16.0. The smallest absolute Gasteiger partial charge is 0.337 e. The minimum Gasteiger partial charge on any atom is -0.465 e. The van der Waals surface area contributed by atoms with Gasteiger partial charge in [0.15, 0.2) is 11.0 Å². The van der Waals surface area contributed by atoms with Gasteiger partial charge in [-0.1, -0.05) is 42.1 Å². The van der Waals surface area contributed by atoms with E-state index < -0.39 is 0 Å². The van der Waals surface area contributed by atoms with Gasteiger partial charge in [0.05, 0.1) is 12.7 Å². The second kappa shape index (κ2) is 8.70. The van der Waals surface area contributed by atoms with Crippen molar-refractivity contribution in [2.75, 3.05) is 7.11 Å². The Balaban J connectivity index is 1.66. The van der Waals surface area contributed by atoms with Crippen LogP contribution in [-0.2, 0) is 10.5 Å². The average Bonchev–Trinajstić information content (AvgIpc) is 3.22. The molecule has 29 heavy (non-hydrogen) atoms. The Kier molecular flexibility index (Phi) is 5.67. The number of para-hydroxylation sites is 1. The highest BCUT2D eigenvalue weighted by atomic mass is 32.2. The zero-order chi connectivity index (χ0) is 20.1. The summed E-state index contributed by atoms with van der Waals surface area (Å²) in [6.45, 7) is 0. The Morgan fingerprint density at radius 2 is 1.90 bits per heavy atom. The average molecular weight is 402 g/mol. The van der Waals surface area contributed by atoms with Gasteiger partial charge in [-0.2, -0.15) is 0 Å². The van der Waals surface area contributed by atoms with E-state index in [1.54, 1.807) is 30.2 Å². The predicted molar refractivity (Wildman–Crippen MR) is 112 cm³/mol. The van der Waals surface area contributed by atoms with Crippen molar-refractivity contribution in [3.05, 3.63) is 90.3 Å². The number of rotatable bonds is 6. The minimum atomic E-state index is -0.344. The summed E-state index contributed by atoms with van der Waals surface area (Å²) in [5, 5.41) is 9.59. The zero-order valence-electron chi connectivity index (χ0n) is 15.7. The van der Waals surface area contributed by atoms with Crippen molar-refractivity contribution < 1.29 is 9.53 Å². The number of pyridine rings is 1. The van der Waals surface area contributed by atoms with Gasteiger partial charge in [0.2, 0.25) is 0 Å². The summed E-state index contributed by atoms with van der Waals surface area (Å²) in [6.07, 6.45) is 3.51. The third-order valence-electron chi connectivity index (χ3n) is 4.28. The molecule has 2 aromatic carbocycles. The molecule has 7 heteroatoms. The number of nitrogens with zero attached hydrogens (tertiary/aromatic N) is 4. The van der Waals surface area contributed by atoms with E-state index in [4.69, 9.17) is 4.74 Å². The highest BCUT2D eigenvalue weighted by Gasteiger charge is 2.16. The monoisotopic (exact) mass is 402 g/mol. The molecule has 0 saturated heterocycles. The number of hydrogen-bond donors (Lipinski definition) is 0. The first-order valence-corrected chi connectivity index (χ1v) is 9.96. The van der Waals surface area contributed by atoms with Gasteiger partial charge < -0.3 is 4.74 Å². The lowest BCUT2D eigenvalue weighted by Crippen LogP contribution is -2.02. The topological polar surface area (TPSA) is 69.9 Å². The van der Waals surface area contributed by atoms with E-state index in [0.29, 0.717) is 11.3 Å². The van der Waals surface area contributed by atoms with Crippen LogP contribution in [0.1, 0.15) is 15.9 Å². The van der Waals surface area contributed by atoms with E-state index in [-0.39, 0.29) is 5.97 Å². The number of hydrogen-bond acceptors (Lipinski definition) is 6. The van der Waals surface area contributed by atoms with Crippen LogP contribution in [0.25, 0.3) is 17.1 Å². The summed E-state index contributed by atoms with van der Waals surface area (Å²) < 4.78 is 6.82. The second-order valence-corrected chi connectivity index (χ2v) is 7.14. The quantitative estimate of drug-likeness (QED) is 0.351. The molecule has 0 atom stereocenters. The molecule has 0 aliphatic heterocycles. The molecule has 4 rings (SSSR count). The Bertz CT molecular complexity index is 1110. The molecule has 144 valence electrons. The largest absolute Gasteiger partial charge is 0.465 e. The number of aromatic nitrogens is 4. The van der Waals surface area contributed by atoms with Crippen LogP contribution in [0.3, 0.4) is 0 Å². The number of carbonyl (C=O) groups is 1. The number of methoxy groups -OCH3 is 1. The van der Waals surface area contributed by atoms with Gasteiger partial charge in [-0.3, -0.25) is 9.55 Å². The molecule has 0 fully saturated rings. The summed E-state index contributed by atoms with van der Waals surface area (Å²) >= 11 is 1.56. The van der Waals surface area contributed by atoms with E-state index in [0.717, 1.165) is 27.8 Å². The number of benzene rings is 2. The lowest BCUT2D eigenvalue weighted by Gasteiger charge is -2.10. The van der Waals surface area contributed by atoms with Crippen molar-refractivity contribution in [2.45, 2.75) is 10.9 Å². The van der Waals surface area contributed by atoms with Gasteiger partial charge in [0.25, 0.3) is 0 Å². The second-order valence-electron chi connectivity index (χ2n) is 6.20. The van der Waals surface area contributed by atoms with Crippen molar-refractivity contribution in [1.82, 2.24) is 19.7 Å². The number of esters is 1. The van der Waals surface area contributed by atoms with Crippen LogP contribution < -0.4 is 0 Å². The summed E-state index contributed by atoms with van der Waals surface area (Å²) in [7, 11) is 1.38. The van der Waals surface area contributed by atoms with Gasteiger partial charge in [-0.05, 0) is 42.0 Å². The van der Waals surface area contributed by atoms with E-state index >= 15 is 0 Å². The van der Waals surface area contributed by atoms with E-state index in [9.17, 15) is 4.79 Å². The Morgan fingerprint density at radius 1 is 1.03 bits per heavy atom. The maximum atomic E-state index is 11.8. The molecule has 0 unspecified atom stereocenters. The normalized spacial score (nSPS) is 10.7. The molecule has 0 N–H and O–H groups in total. The van der Waals surface area contributed by atoms with Crippen LogP contribution in [0.5, 0.6) is 0 Å². The van der Waals surface area contributed by atoms with Crippen LogP contribution in [-0.4, -0.2) is 32.8 Å². The fourth-order valence-corrected chi connectivity index (χ4v) is 3.80. The molecule has 0 spiro atoms. The van der Waals surface area contributed by atoms with Crippen molar-refractivity contribution >= 4 is 17.7 Å². The van der Waals surface area contributed by atoms with E-state index in [1.165, 1.54) is 7.11 Å². The molecule has 4 aromatic rings. The highest BCUT2D eigenvalue weighted by Crippen LogP contribution is 2.29. The SMILES string of the molecule is COC(=O)c1cccc(CSc2nnc(-c3cccnc3)n2-c2ccccc2)c1. The van der Waals surface area contributed by atoms with Crippen molar-refractivity contribution in [3.63, 3.8) is 0 Å². The number of ether oxygens (including phenoxy) is 1. The third kappa shape index (κ3) is 4.20. The first-order valence-electron chi connectivity index (χ1n) is 8.97. The maximum Gasteiger partial charge on any atom is 0.337 e. The summed E-state index contributed by atoms with van der Waals surface area (Å²) in [5.41, 5.74) is 3.40. The molecule has 0 amide bonds. The standard InChI is InChI=1S/C22H18N4O2S/c1-28-21(27)17-8-5-7-16(13-17)15-29-22-25-24-20(18-9-6-12-23-14-18)26(22)19-10-3-2-4-11-19/h2-14H,15H2,1H3. The summed E-state index contributed by atoms with van der Waals surface area (Å²) in [5.74, 6) is 1.03. The van der Waals surface area contributed by atoms with Gasteiger partial charge in [0, 0.05) is 29.4 Å². The number of carbonyl (C=O) groups excluding carboxylic acids is 1. The lowest BCUT2D eigenvalue weighted by molar-refractivity contribution is 0.0600. The van der Waals surface area contributed by atoms with E-state index in [2.05, 4.69) is 15.2 Å². The fourth-order valence-electron chi connectivity index (χ4n) is 2.91. The predicted octanol–water partition coefficient (Wildman–Crippen LogP) is 4.41. The molecular formula is C22H18N4O2S. The van der Waals surface area contributed by atoms with E-state index in [1.807, 2.05) is 65.2 Å². The molecule has 0 saturated carbocycles. The Hall–Kier alpha value is -3.45. The molecule has 0 aliphatic carbocycles. The highest BCUT2D eigenvalue weighted by molar-refractivity contribution is 7.98. The van der Waals surface area contributed by atoms with Crippen LogP contribution in [0, 0.1) is 0 Å². The first kappa shape index (κ1) is 18.9. The molecule has 0 radical (unpaired) electrons. The molecule has 0 bridgehead atoms. The van der Waals surface area contributed by atoms with Gasteiger partial charge in [0.1, 0.15) is 0 Å². The zero-order valence-corrected chi connectivity index (χ0v) is 16.5. The third-order valence-corrected chi connectivity index (χ3v) is 5.28. The fraction of sp³-hybridized carbons (Fsp3) is 0.0909. The van der Waals surface area contributed by atoms with Crippen LogP contribution in [0.15, 0.2) is 84.3 Å². The molecule has 0 aliphatic rings. The van der Waals surface area contributed by atoms with Gasteiger partial charge >= 0.3 is 5.97 Å². The molecule has 2 aromatic heterocycles. The van der Waals surface area contributed by atoms with Crippen LogP contribution in [0.4, 0.5) is 0 Å². The van der Waals surface area contributed by atoms with Gasteiger partial charge in [-0.15, -0.1) is 10.2 Å². The Labute approximate surface area is 172 Å². The lowest BCUT2D eigenvalue weighted by atomic mass is 10.1. The van der Waals surface area contributed by atoms with Crippen LogP contribution >= 0.6 is 11.8 Å². The van der Waals surface area contributed by atoms with Crippen LogP contribution in [0.2, 0.25) is 0 Å². The van der Waals surface area contributed by atoms with Crippen molar-refractivity contribution in [2.24, 2.45) is 0 Å². The molecular weight excluding hydrogens is 384 g/mol. The molecule has 6 nitrogen and oxygen atoms in total. The first-order chi connectivity index (χ1) is 14.3. The minimum absolute atomic E-state index is 0.344.